The number of fused-ring (bicyclic) bond motifs is 1. The molecule has 0 amide bonds. The first-order chi connectivity index (χ1) is 8.15. The molecule has 0 spiro atoms. The minimum Gasteiger partial charge on any atom is -0.496 e. The fourth-order valence-electron chi connectivity index (χ4n) is 1.93. The van der Waals surface area contributed by atoms with Gasteiger partial charge in [-0.2, -0.15) is 0 Å². The Balaban J connectivity index is 2.65. The Hall–Kier alpha value is -1.06. The molecule has 0 saturated heterocycles. The fourth-order valence-corrected chi connectivity index (χ4v) is 2.30. The molecule has 0 bridgehead atoms. The van der Waals surface area contributed by atoms with Crippen LogP contribution >= 0.6 is 15.9 Å². The molecule has 2 rings (SSSR count). The van der Waals surface area contributed by atoms with Crippen molar-refractivity contribution in [2.75, 3.05) is 13.7 Å². The van der Waals surface area contributed by atoms with Gasteiger partial charge in [0.15, 0.2) is 0 Å². The molecule has 0 heterocycles. The van der Waals surface area contributed by atoms with Gasteiger partial charge in [-0.3, -0.25) is 0 Å². The van der Waals surface area contributed by atoms with E-state index in [0.29, 0.717) is 0 Å². The maximum Gasteiger partial charge on any atom is 0.123 e. The Morgan fingerprint density at radius 3 is 2.65 bits per heavy atom. The Morgan fingerprint density at radius 1 is 1.24 bits per heavy atom. The summed E-state index contributed by atoms with van der Waals surface area (Å²) in [6.45, 7) is 2.11. The molecule has 0 saturated carbocycles. The third-order valence-electron chi connectivity index (χ3n) is 2.96. The number of hydrogen-bond acceptors (Lipinski definition) is 2. The van der Waals surface area contributed by atoms with E-state index in [4.69, 9.17) is 4.74 Å². The molecule has 90 valence electrons. The predicted molar refractivity (Wildman–Crippen MR) is 73.7 cm³/mol. The lowest BCUT2D eigenvalue weighted by molar-refractivity contribution is 0.270. The number of hydrogen-bond donors (Lipinski definition) is 1. The van der Waals surface area contributed by atoms with Crippen LogP contribution in [0.1, 0.15) is 18.4 Å². The highest BCUT2D eigenvalue weighted by atomic mass is 79.9. The quantitative estimate of drug-likeness (QED) is 0.935. The Labute approximate surface area is 109 Å². The van der Waals surface area contributed by atoms with Crippen molar-refractivity contribution >= 4 is 26.7 Å². The van der Waals surface area contributed by atoms with Gasteiger partial charge in [-0.05, 0) is 40.6 Å². The molecular weight excluding hydrogens is 280 g/mol. The Kier molecular flexibility index (Phi) is 3.69. The van der Waals surface area contributed by atoms with Gasteiger partial charge in [0.2, 0.25) is 0 Å². The first-order valence-corrected chi connectivity index (χ1v) is 6.33. The van der Waals surface area contributed by atoms with Gasteiger partial charge in [0.25, 0.3) is 0 Å². The van der Waals surface area contributed by atoms with Gasteiger partial charge in [-0.15, -0.1) is 0 Å². The van der Waals surface area contributed by atoms with Crippen molar-refractivity contribution in [2.45, 2.75) is 12.8 Å². The SMILES string of the molecule is COc1cc2ccc(Br)cc2cc1C(C)CO. The van der Waals surface area contributed by atoms with Crippen LogP contribution in [0.4, 0.5) is 0 Å². The van der Waals surface area contributed by atoms with Crippen molar-refractivity contribution < 1.29 is 9.84 Å². The molecule has 2 aromatic rings. The highest BCUT2D eigenvalue weighted by Gasteiger charge is 2.12. The van der Waals surface area contributed by atoms with Crippen LogP contribution in [0.25, 0.3) is 10.8 Å². The van der Waals surface area contributed by atoms with Gasteiger partial charge in [0.05, 0.1) is 7.11 Å². The fraction of sp³-hybridized carbons (Fsp3) is 0.286. The summed E-state index contributed by atoms with van der Waals surface area (Å²) in [7, 11) is 1.66. The van der Waals surface area contributed by atoms with Gasteiger partial charge in [0, 0.05) is 17.0 Å². The number of rotatable bonds is 3. The minimum atomic E-state index is 0.0772. The van der Waals surface area contributed by atoms with Crippen LogP contribution < -0.4 is 4.74 Å². The monoisotopic (exact) mass is 294 g/mol. The average Bonchev–Trinajstić information content (AvgIpc) is 2.36. The Morgan fingerprint density at radius 2 is 2.00 bits per heavy atom. The highest BCUT2D eigenvalue weighted by molar-refractivity contribution is 9.10. The molecule has 17 heavy (non-hydrogen) atoms. The molecule has 0 aliphatic rings. The standard InChI is InChI=1S/C14H15BrO2/c1-9(8-16)13-6-11-5-12(15)4-3-10(11)7-14(13)17-2/h3-7,9,16H,8H2,1-2H3. The normalized spacial score (nSPS) is 12.7. The molecule has 0 aromatic heterocycles. The van der Waals surface area contributed by atoms with Gasteiger partial charge >= 0.3 is 0 Å². The molecular formula is C14H15BrO2. The second-order valence-electron chi connectivity index (χ2n) is 4.17. The molecule has 0 fully saturated rings. The first kappa shape index (κ1) is 12.4. The molecule has 2 nitrogen and oxygen atoms in total. The maximum atomic E-state index is 9.27. The zero-order valence-corrected chi connectivity index (χ0v) is 11.5. The zero-order valence-electron chi connectivity index (χ0n) is 9.90. The number of aliphatic hydroxyl groups excluding tert-OH is 1. The summed E-state index contributed by atoms with van der Waals surface area (Å²) in [5.41, 5.74) is 1.04. The van der Waals surface area contributed by atoms with Crippen molar-refractivity contribution in [1.82, 2.24) is 0 Å². The second kappa shape index (κ2) is 5.07. The summed E-state index contributed by atoms with van der Waals surface area (Å²) in [5, 5.41) is 11.6. The van der Waals surface area contributed by atoms with Crippen LogP contribution in [-0.2, 0) is 0 Å². The molecule has 1 unspecified atom stereocenters. The van der Waals surface area contributed by atoms with E-state index >= 15 is 0 Å². The number of halogens is 1. The average molecular weight is 295 g/mol. The van der Waals surface area contributed by atoms with Crippen molar-refractivity contribution in [2.24, 2.45) is 0 Å². The van der Waals surface area contributed by atoms with E-state index in [2.05, 4.69) is 34.1 Å². The van der Waals surface area contributed by atoms with Crippen LogP contribution in [-0.4, -0.2) is 18.8 Å². The lowest BCUT2D eigenvalue weighted by Crippen LogP contribution is -2.01. The van der Waals surface area contributed by atoms with Crippen LogP contribution in [0, 0.1) is 0 Å². The molecule has 1 N–H and O–H groups in total. The van der Waals surface area contributed by atoms with Gasteiger partial charge in [-0.1, -0.05) is 28.9 Å². The van der Waals surface area contributed by atoms with E-state index in [0.717, 1.165) is 26.6 Å². The van der Waals surface area contributed by atoms with E-state index in [1.165, 1.54) is 0 Å². The van der Waals surface area contributed by atoms with E-state index in [1.54, 1.807) is 7.11 Å². The number of ether oxygens (including phenoxy) is 1. The highest BCUT2D eigenvalue weighted by Crippen LogP contribution is 2.32. The van der Waals surface area contributed by atoms with Crippen LogP contribution in [0.15, 0.2) is 34.8 Å². The first-order valence-electron chi connectivity index (χ1n) is 5.53. The van der Waals surface area contributed by atoms with Gasteiger partial charge < -0.3 is 9.84 Å². The number of methoxy groups -OCH3 is 1. The largest absolute Gasteiger partial charge is 0.496 e. The van der Waals surface area contributed by atoms with Gasteiger partial charge in [-0.25, -0.2) is 0 Å². The van der Waals surface area contributed by atoms with E-state index < -0.39 is 0 Å². The van der Waals surface area contributed by atoms with Crippen LogP contribution in [0.2, 0.25) is 0 Å². The molecule has 0 radical (unpaired) electrons. The van der Waals surface area contributed by atoms with Crippen molar-refractivity contribution in [3.05, 3.63) is 40.4 Å². The molecule has 1 atom stereocenters. The summed E-state index contributed by atoms with van der Waals surface area (Å²) in [6, 6.07) is 10.2. The summed E-state index contributed by atoms with van der Waals surface area (Å²) >= 11 is 3.47. The topological polar surface area (TPSA) is 29.5 Å². The predicted octanol–water partition coefficient (Wildman–Crippen LogP) is 3.71. The van der Waals surface area contributed by atoms with Crippen LogP contribution in [0.5, 0.6) is 5.75 Å². The minimum absolute atomic E-state index is 0.0772. The third kappa shape index (κ3) is 2.45. The summed E-state index contributed by atoms with van der Waals surface area (Å²) in [4.78, 5) is 0. The van der Waals surface area contributed by atoms with E-state index in [9.17, 15) is 5.11 Å². The second-order valence-corrected chi connectivity index (χ2v) is 5.08. The van der Waals surface area contributed by atoms with Crippen molar-refractivity contribution in [3.8, 4) is 5.75 Å². The van der Waals surface area contributed by atoms with Crippen molar-refractivity contribution in [3.63, 3.8) is 0 Å². The number of benzene rings is 2. The van der Waals surface area contributed by atoms with Gasteiger partial charge in [0.1, 0.15) is 5.75 Å². The van der Waals surface area contributed by atoms with E-state index in [-0.39, 0.29) is 12.5 Å². The lowest BCUT2D eigenvalue weighted by Gasteiger charge is -2.15. The lowest BCUT2D eigenvalue weighted by atomic mass is 9.97. The molecule has 2 aromatic carbocycles. The molecule has 3 heteroatoms. The summed E-state index contributed by atoms with van der Waals surface area (Å²) in [5.74, 6) is 0.912. The summed E-state index contributed by atoms with van der Waals surface area (Å²) < 4.78 is 6.44. The number of aliphatic hydroxyl groups is 1. The maximum absolute atomic E-state index is 9.27. The smallest absolute Gasteiger partial charge is 0.123 e. The van der Waals surface area contributed by atoms with Crippen molar-refractivity contribution in [1.29, 1.82) is 0 Å². The third-order valence-corrected chi connectivity index (χ3v) is 3.45. The van der Waals surface area contributed by atoms with Crippen LogP contribution in [0.3, 0.4) is 0 Å². The van der Waals surface area contributed by atoms with E-state index in [1.807, 2.05) is 19.1 Å². The summed E-state index contributed by atoms with van der Waals surface area (Å²) in [6.07, 6.45) is 0. The Bertz CT molecular complexity index is 537. The zero-order chi connectivity index (χ0) is 12.4. The molecule has 0 aliphatic heterocycles. The molecule has 0 aliphatic carbocycles.